The Morgan fingerprint density at radius 3 is 2.62 bits per heavy atom. The maximum Gasteiger partial charge on any atom is 0.345 e. The number of rotatable bonds is 5. The summed E-state index contributed by atoms with van der Waals surface area (Å²) in [6, 6.07) is 5.63. The van der Waals surface area contributed by atoms with Crippen LogP contribution >= 0.6 is 11.6 Å². The number of nitro groups is 1. The van der Waals surface area contributed by atoms with Crippen molar-refractivity contribution in [2.45, 2.75) is 50.7 Å². The van der Waals surface area contributed by atoms with E-state index in [4.69, 9.17) is 16.3 Å². The third-order valence-corrected chi connectivity index (χ3v) is 4.55. The molecular weight excluding hydrogens is 362 g/mol. The first-order chi connectivity index (χ1) is 12.3. The first-order valence-electron chi connectivity index (χ1n) is 8.16. The molecule has 8 nitrogen and oxygen atoms in total. The zero-order chi connectivity index (χ0) is 19.3. The zero-order valence-electron chi connectivity index (χ0n) is 14.2. The van der Waals surface area contributed by atoms with E-state index < -0.39 is 34.1 Å². The lowest BCUT2D eigenvalue weighted by Crippen LogP contribution is -2.52. The van der Waals surface area contributed by atoms with E-state index in [0.717, 1.165) is 31.4 Å². The highest BCUT2D eigenvalue weighted by Gasteiger charge is 2.36. The number of nitriles is 1. The average Bonchev–Trinajstić information content (AvgIpc) is 2.61. The molecule has 1 aliphatic carbocycles. The summed E-state index contributed by atoms with van der Waals surface area (Å²) in [4.78, 5) is 34.9. The maximum absolute atomic E-state index is 12.3. The van der Waals surface area contributed by atoms with Gasteiger partial charge in [0, 0.05) is 11.1 Å². The Hall–Kier alpha value is -2.66. The van der Waals surface area contributed by atoms with Crippen LogP contribution in [0.25, 0.3) is 0 Å². The fourth-order valence-electron chi connectivity index (χ4n) is 2.87. The van der Waals surface area contributed by atoms with Crippen molar-refractivity contribution in [2.24, 2.45) is 0 Å². The number of nitro benzene ring substituents is 1. The molecule has 0 heterocycles. The Morgan fingerprint density at radius 1 is 1.38 bits per heavy atom. The molecule has 0 aromatic heterocycles. The second kappa shape index (κ2) is 8.15. The first kappa shape index (κ1) is 19.7. The van der Waals surface area contributed by atoms with Crippen molar-refractivity contribution in [1.82, 2.24) is 5.32 Å². The van der Waals surface area contributed by atoms with Gasteiger partial charge in [-0.15, -0.1) is 0 Å². The van der Waals surface area contributed by atoms with E-state index >= 15 is 0 Å². The van der Waals surface area contributed by atoms with Crippen LogP contribution in [0.1, 0.15) is 49.4 Å². The van der Waals surface area contributed by atoms with Gasteiger partial charge in [0.15, 0.2) is 6.10 Å². The van der Waals surface area contributed by atoms with Crippen LogP contribution in [0.2, 0.25) is 5.02 Å². The van der Waals surface area contributed by atoms with Gasteiger partial charge in [-0.05, 0) is 31.9 Å². The molecule has 0 saturated heterocycles. The summed E-state index contributed by atoms with van der Waals surface area (Å²) >= 11 is 5.78. The normalized spacial score (nSPS) is 16.8. The largest absolute Gasteiger partial charge is 0.449 e. The van der Waals surface area contributed by atoms with Crippen molar-refractivity contribution in [3.05, 3.63) is 38.9 Å². The number of carbonyl (C=O) groups is 2. The van der Waals surface area contributed by atoms with Crippen LogP contribution in [0.15, 0.2) is 18.2 Å². The number of benzene rings is 1. The van der Waals surface area contributed by atoms with E-state index in [1.54, 1.807) is 0 Å². The number of ether oxygens (including phenoxy) is 1. The Bertz CT molecular complexity index is 768. The molecule has 1 N–H and O–H groups in total. The maximum atomic E-state index is 12.3. The molecule has 0 radical (unpaired) electrons. The number of halogens is 1. The number of esters is 1. The summed E-state index contributed by atoms with van der Waals surface area (Å²) in [6.45, 7) is 1.34. The predicted molar refractivity (Wildman–Crippen MR) is 92.6 cm³/mol. The Kier molecular flexibility index (Phi) is 6.16. The quantitative estimate of drug-likeness (QED) is 0.476. The van der Waals surface area contributed by atoms with E-state index in [2.05, 4.69) is 11.4 Å². The minimum absolute atomic E-state index is 0.130. The van der Waals surface area contributed by atoms with Gasteiger partial charge in [0.1, 0.15) is 11.1 Å². The van der Waals surface area contributed by atoms with Crippen molar-refractivity contribution in [1.29, 1.82) is 5.26 Å². The van der Waals surface area contributed by atoms with Crippen LogP contribution in [-0.2, 0) is 9.53 Å². The van der Waals surface area contributed by atoms with E-state index in [9.17, 15) is 25.0 Å². The minimum atomic E-state index is -1.21. The highest BCUT2D eigenvalue weighted by molar-refractivity contribution is 6.31. The first-order valence-corrected chi connectivity index (χ1v) is 8.54. The SMILES string of the molecule is C[C@@H](OC(=O)c1cc(Cl)ccc1[N+](=O)[O-])C(=O)NC1(C#N)CCCCC1. The van der Waals surface area contributed by atoms with Gasteiger partial charge in [0.25, 0.3) is 11.6 Å². The summed E-state index contributed by atoms with van der Waals surface area (Å²) in [5.74, 6) is -1.65. The van der Waals surface area contributed by atoms with Crippen LogP contribution in [0.3, 0.4) is 0 Å². The Labute approximate surface area is 155 Å². The Morgan fingerprint density at radius 2 is 2.04 bits per heavy atom. The highest BCUT2D eigenvalue weighted by atomic mass is 35.5. The predicted octanol–water partition coefficient (Wildman–Crippen LogP) is 3.14. The number of hydrogen-bond donors (Lipinski definition) is 1. The summed E-state index contributed by atoms with van der Waals surface area (Å²) in [5, 5.41) is 23.2. The van der Waals surface area contributed by atoms with E-state index in [-0.39, 0.29) is 10.6 Å². The third-order valence-electron chi connectivity index (χ3n) is 4.31. The van der Waals surface area contributed by atoms with Gasteiger partial charge in [-0.3, -0.25) is 14.9 Å². The molecule has 1 saturated carbocycles. The number of hydrogen-bond acceptors (Lipinski definition) is 6. The van der Waals surface area contributed by atoms with Crippen molar-refractivity contribution in [3.63, 3.8) is 0 Å². The average molecular weight is 380 g/mol. The van der Waals surface area contributed by atoms with Crippen molar-refractivity contribution >= 4 is 29.2 Å². The van der Waals surface area contributed by atoms with Crippen LogP contribution in [0.4, 0.5) is 5.69 Å². The van der Waals surface area contributed by atoms with Gasteiger partial charge in [0.05, 0.1) is 11.0 Å². The van der Waals surface area contributed by atoms with Crippen LogP contribution in [-0.4, -0.2) is 28.4 Å². The Balaban J connectivity index is 2.09. The standard InChI is InChI=1S/C17H18ClN3O5/c1-11(15(22)20-17(10-19)7-3-2-4-8-17)26-16(23)13-9-12(18)5-6-14(13)21(24)25/h5-6,9,11H,2-4,7-8H2,1H3,(H,20,22)/t11-/m1/s1. The molecule has 0 aliphatic heterocycles. The molecule has 9 heteroatoms. The molecule has 1 aromatic rings. The smallest absolute Gasteiger partial charge is 0.345 e. The topological polar surface area (TPSA) is 122 Å². The summed E-state index contributed by atoms with van der Waals surface area (Å²) in [7, 11) is 0. The van der Waals surface area contributed by atoms with E-state index in [1.807, 2.05) is 0 Å². The van der Waals surface area contributed by atoms with Gasteiger partial charge >= 0.3 is 5.97 Å². The number of carbonyl (C=O) groups excluding carboxylic acids is 2. The molecule has 1 aromatic carbocycles. The summed E-state index contributed by atoms with van der Waals surface area (Å²) in [5.41, 5.74) is -1.76. The van der Waals surface area contributed by atoms with Crippen LogP contribution in [0.5, 0.6) is 0 Å². The molecule has 26 heavy (non-hydrogen) atoms. The third kappa shape index (κ3) is 4.49. The van der Waals surface area contributed by atoms with Crippen molar-refractivity contribution in [2.75, 3.05) is 0 Å². The van der Waals surface area contributed by atoms with Gasteiger partial charge in [-0.2, -0.15) is 5.26 Å². The molecule has 0 unspecified atom stereocenters. The van der Waals surface area contributed by atoms with Gasteiger partial charge in [-0.25, -0.2) is 4.79 Å². The fraction of sp³-hybridized carbons (Fsp3) is 0.471. The molecule has 1 fully saturated rings. The monoisotopic (exact) mass is 379 g/mol. The number of amides is 1. The van der Waals surface area contributed by atoms with Crippen molar-refractivity contribution < 1.29 is 19.2 Å². The second-order valence-corrected chi connectivity index (χ2v) is 6.65. The fourth-order valence-corrected chi connectivity index (χ4v) is 3.04. The second-order valence-electron chi connectivity index (χ2n) is 6.21. The molecule has 1 atom stereocenters. The van der Waals surface area contributed by atoms with Gasteiger partial charge < -0.3 is 10.1 Å². The summed E-state index contributed by atoms with van der Waals surface area (Å²) in [6.07, 6.45) is 2.52. The number of nitrogens with zero attached hydrogens (tertiary/aromatic N) is 2. The van der Waals surface area contributed by atoms with E-state index in [0.29, 0.717) is 12.8 Å². The highest BCUT2D eigenvalue weighted by Crippen LogP contribution is 2.28. The molecule has 1 amide bonds. The molecule has 138 valence electrons. The molecule has 2 rings (SSSR count). The molecule has 0 spiro atoms. The summed E-state index contributed by atoms with van der Waals surface area (Å²) < 4.78 is 5.05. The van der Waals surface area contributed by atoms with Gasteiger partial charge in [-0.1, -0.05) is 30.9 Å². The minimum Gasteiger partial charge on any atom is -0.449 e. The molecule has 1 aliphatic rings. The van der Waals surface area contributed by atoms with E-state index in [1.165, 1.54) is 13.0 Å². The lowest BCUT2D eigenvalue weighted by atomic mass is 9.83. The number of nitrogens with one attached hydrogen (secondary N) is 1. The lowest BCUT2D eigenvalue weighted by Gasteiger charge is -2.32. The zero-order valence-corrected chi connectivity index (χ0v) is 14.9. The van der Waals surface area contributed by atoms with Crippen molar-refractivity contribution in [3.8, 4) is 6.07 Å². The lowest BCUT2D eigenvalue weighted by molar-refractivity contribution is -0.385. The van der Waals surface area contributed by atoms with Crippen LogP contribution < -0.4 is 5.32 Å². The van der Waals surface area contributed by atoms with Gasteiger partial charge in [0.2, 0.25) is 0 Å². The molecule has 0 bridgehead atoms. The molecular formula is C17H18ClN3O5. The van der Waals surface area contributed by atoms with Crippen LogP contribution in [0, 0.1) is 21.4 Å².